The van der Waals surface area contributed by atoms with Gasteiger partial charge in [-0.15, -0.1) is 0 Å². The summed E-state index contributed by atoms with van der Waals surface area (Å²) in [5.41, 5.74) is 2.90. The van der Waals surface area contributed by atoms with Crippen molar-refractivity contribution in [3.63, 3.8) is 0 Å². The molecule has 0 radical (unpaired) electrons. The van der Waals surface area contributed by atoms with Gasteiger partial charge in [0, 0.05) is 17.8 Å². The molecule has 3 unspecified atom stereocenters. The van der Waals surface area contributed by atoms with Gasteiger partial charge in [0.25, 0.3) is 0 Å². The van der Waals surface area contributed by atoms with Crippen molar-refractivity contribution < 1.29 is 10.2 Å². The van der Waals surface area contributed by atoms with Crippen LogP contribution in [0.25, 0.3) is 0 Å². The highest BCUT2D eigenvalue weighted by molar-refractivity contribution is 5.28. The van der Waals surface area contributed by atoms with E-state index in [1.165, 1.54) is 5.56 Å². The van der Waals surface area contributed by atoms with Crippen molar-refractivity contribution in [1.82, 2.24) is 4.98 Å². The van der Waals surface area contributed by atoms with Gasteiger partial charge in [-0.1, -0.05) is 36.4 Å². The van der Waals surface area contributed by atoms with Gasteiger partial charge in [-0.05, 0) is 36.5 Å². The summed E-state index contributed by atoms with van der Waals surface area (Å²) in [5.74, 6) is -0.0878. The molecule has 2 aromatic rings. The summed E-state index contributed by atoms with van der Waals surface area (Å²) in [7, 11) is 0. The van der Waals surface area contributed by atoms with Crippen LogP contribution in [0.1, 0.15) is 41.7 Å². The van der Waals surface area contributed by atoms with E-state index >= 15 is 0 Å². The maximum Gasteiger partial charge on any atom is 0.106 e. The van der Waals surface area contributed by atoms with Gasteiger partial charge in [-0.25, -0.2) is 0 Å². The number of aliphatic hydroxyl groups is 2. The quantitative estimate of drug-likeness (QED) is 0.900. The molecule has 0 saturated heterocycles. The van der Waals surface area contributed by atoms with Crippen LogP contribution in [0.5, 0.6) is 0 Å². The molecule has 1 heterocycles. The lowest BCUT2D eigenvalue weighted by Gasteiger charge is -2.31. The van der Waals surface area contributed by atoms with E-state index < -0.39 is 12.2 Å². The van der Waals surface area contributed by atoms with Crippen LogP contribution in [-0.2, 0) is 6.42 Å². The second-order valence-corrected chi connectivity index (χ2v) is 5.39. The third kappa shape index (κ3) is 2.47. The first-order chi connectivity index (χ1) is 9.77. The Morgan fingerprint density at radius 2 is 1.85 bits per heavy atom. The van der Waals surface area contributed by atoms with Crippen molar-refractivity contribution in [2.24, 2.45) is 0 Å². The summed E-state index contributed by atoms with van der Waals surface area (Å²) >= 11 is 0. The maximum atomic E-state index is 10.6. The summed E-state index contributed by atoms with van der Waals surface area (Å²) in [4.78, 5) is 4.43. The number of nitrogens with zero attached hydrogens (tertiary/aromatic N) is 1. The van der Waals surface area contributed by atoms with Gasteiger partial charge in [0.05, 0.1) is 6.10 Å². The fraction of sp³-hybridized carbons (Fsp3) is 0.353. The standard InChI is InChI=1S/C17H19NO2/c19-16(13-6-2-1-3-7-13)17(20)14-10-4-8-12-9-5-11-18-15(12)14/h1-3,5-7,9,11,14,16-17,19-20H,4,8,10H2. The Hall–Kier alpha value is -1.71. The fourth-order valence-corrected chi connectivity index (χ4v) is 3.05. The average molecular weight is 269 g/mol. The van der Waals surface area contributed by atoms with E-state index in [-0.39, 0.29) is 5.92 Å². The molecule has 0 fully saturated rings. The Morgan fingerprint density at radius 3 is 2.65 bits per heavy atom. The molecule has 3 atom stereocenters. The van der Waals surface area contributed by atoms with E-state index in [4.69, 9.17) is 0 Å². The van der Waals surface area contributed by atoms with Crippen molar-refractivity contribution in [2.75, 3.05) is 0 Å². The summed E-state index contributed by atoms with van der Waals surface area (Å²) in [6, 6.07) is 13.3. The Balaban J connectivity index is 1.87. The Labute approximate surface area is 118 Å². The van der Waals surface area contributed by atoms with E-state index in [0.29, 0.717) is 0 Å². The molecular formula is C17H19NO2. The topological polar surface area (TPSA) is 53.4 Å². The van der Waals surface area contributed by atoms with Gasteiger partial charge in [-0.2, -0.15) is 0 Å². The predicted molar refractivity (Wildman–Crippen MR) is 77.3 cm³/mol. The molecule has 1 aromatic carbocycles. The van der Waals surface area contributed by atoms with Crippen molar-refractivity contribution >= 4 is 0 Å². The number of aromatic nitrogens is 1. The van der Waals surface area contributed by atoms with Gasteiger partial charge in [0.1, 0.15) is 6.10 Å². The van der Waals surface area contributed by atoms with Gasteiger partial charge in [0.2, 0.25) is 0 Å². The smallest absolute Gasteiger partial charge is 0.106 e. The third-order valence-corrected chi connectivity index (χ3v) is 4.12. The van der Waals surface area contributed by atoms with Crippen LogP contribution in [0, 0.1) is 0 Å². The SMILES string of the molecule is OC(c1ccccc1)C(O)C1CCCc2cccnc21. The Kier molecular flexibility index (Phi) is 3.81. The van der Waals surface area contributed by atoms with Gasteiger partial charge in [-0.3, -0.25) is 4.98 Å². The van der Waals surface area contributed by atoms with E-state index in [1.54, 1.807) is 6.20 Å². The summed E-state index contributed by atoms with van der Waals surface area (Å²) in [6.45, 7) is 0. The lowest BCUT2D eigenvalue weighted by molar-refractivity contribution is -0.00315. The molecule has 20 heavy (non-hydrogen) atoms. The highest BCUT2D eigenvalue weighted by atomic mass is 16.3. The maximum absolute atomic E-state index is 10.6. The van der Waals surface area contributed by atoms with Crippen LogP contribution >= 0.6 is 0 Å². The van der Waals surface area contributed by atoms with Gasteiger partial charge >= 0.3 is 0 Å². The van der Waals surface area contributed by atoms with Crippen molar-refractivity contribution in [3.8, 4) is 0 Å². The zero-order valence-corrected chi connectivity index (χ0v) is 11.3. The average Bonchev–Trinajstić information content (AvgIpc) is 2.54. The van der Waals surface area contributed by atoms with Crippen LogP contribution in [0.4, 0.5) is 0 Å². The lowest BCUT2D eigenvalue weighted by atomic mass is 9.80. The van der Waals surface area contributed by atoms with Crippen molar-refractivity contribution in [3.05, 3.63) is 65.5 Å². The fourth-order valence-electron chi connectivity index (χ4n) is 3.05. The highest BCUT2D eigenvalue weighted by Gasteiger charge is 2.32. The minimum atomic E-state index is -0.867. The molecule has 1 aliphatic rings. The number of hydrogen-bond donors (Lipinski definition) is 2. The largest absolute Gasteiger partial charge is 0.389 e. The molecular weight excluding hydrogens is 250 g/mol. The predicted octanol–water partition coefficient (Wildman–Crippen LogP) is 2.60. The van der Waals surface area contributed by atoms with Crippen LogP contribution < -0.4 is 0 Å². The first kappa shape index (κ1) is 13.3. The molecule has 1 aliphatic carbocycles. The van der Waals surface area contributed by atoms with Crippen LogP contribution in [0.2, 0.25) is 0 Å². The molecule has 104 valence electrons. The lowest BCUT2D eigenvalue weighted by Crippen LogP contribution is -2.29. The number of hydrogen-bond acceptors (Lipinski definition) is 3. The minimum Gasteiger partial charge on any atom is -0.389 e. The number of rotatable bonds is 3. The number of aliphatic hydroxyl groups excluding tert-OH is 2. The zero-order chi connectivity index (χ0) is 13.9. The third-order valence-electron chi connectivity index (χ3n) is 4.12. The number of aryl methyl sites for hydroxylation is 1. The second-order valence-electron chi connectivity index (χ2n) is 5.39. The summed E-state index contributed by atoms with van der Waals surface area (Å²) < 4.78 is 0. The van der Waals surface area contributed by atoms with Crippen LogP contribution in [-0.4, -0.2) is 21.3 Å². The molecule has 3 heteroatoms. The van der Waals surface area contributed by atoms with E-state index in [0.717, 1.165) is 30.5 Å². The Bertz CT molecular complexity index is 570. The van der Waals surface area contributed by atoms with Crippen LogP contribution in [0.3, 0.4) is 0 Å². The first-order valence-electron chi connectivity index (χ1n) is 7.12. The minimum absolute atomic E-state index is 0.0878. The molecule has 3 nitrogen and oxygen atoms in total. The number of benzene rings is 1. The first-order valence-corrected chi connectivity index (χ1v) is 7.12. The monoisotopic (exact) mass is 269 g/mol. The Morgan fingerprint density at radius 1 is 1.05 bits per heavy atom. The molecule has 0 bridgehead atoms. The van der Waals surface area contributed by atoms with Crippen molar-refractivity contribution in [1.29, 1.82) is 0 Å². The number of pyridine rings is 1. The highest BCUT2D eigenvalue weighted by Crippen LogP contribution is 2.36. The second kappa shape index (κ2) is 5.73. The molecule has 0 aliphatic heterocycles. The number of fused-ring (bicyclic) bond motifs is 1. The molecule has 0 spiro atoms. The van der Waals surface area contributed by atoms with Crippen LogP contribution in [0.15, 0.2) is 48.7 Å². The summed E-state index contributed by atoms with van der Waals surface area (Å²) in [6.07, 6.45) is 2.99. The van der Waals surface area contributed by atoms with E-state index in [9.17, 15) is 10.2 Å². The molecule has 0 saturated carbocycles. The molecule has 2 N–H and O–H groups in total. The molecule has 1 aromatic heterocycles. The van der Waals surface area contributed by atoms with Gasteiger partial charge < -0.3 is 10.2 Å². The van der Waals surface area contributed by atoms with Gasteiger partial charge in [0.15, 0.2) is 0 Å². The van der Waals surface area contributed by atoms with Crippen molar-refractivity contribution in [2.45, 2.75) is 37.4 Å². The normalized spacial score (nSPS) is 21.0. The molecule has 0 amide bonds. The van der Waals surface area contributed by atoms with E-state index in [1.807, 2.05) is 36.4 Å². The van der Waals surface area contributed by atoms with E-state index in [2.05, 4.69) is 11.1 Å². The summed E-state index contributed by atoms with van der Waals surface area (Å²) in [5, 5.41) is 20.9. The molecule has 3 rings (SSSR count). The zero-order valence-electron chi connectivity index (χ0n) is 11.3.